The van der Waals surface area contributed by atoms with E-state index in [9.17, 15) is 4.79 Å². The van der Waals surface area contributed by atoms with Gasteiger partial charge in [0.15, 0.2) is 11.7 Å². The number of aromatic nitrogens is 2. The van der Waals surface area contributed by atoms with Gasteiger partial charge in [0.25, 0.3) is 5.91 Å². The summed E-state index contributed by atoms with van der Waals surface area (Å²) in [7, 11) is 0. The van der Waals surface area contributed by atoms with Gasteiger partial charge in [-0.15, -0.1) is 11.8 Å². The minimum absolute atomic E-state index is 0.104. The van der Waals surface area contributed by atoms with Gasteiger partial charge < -0.3 is 4.74 Å². The smallest absolute Gasteiger partial charge is 0.267 e. The Morgan fingerprint density at radius 2 is 2.00 bits per heavy atom. The molecule has 4 rings (SSSR count). The van der Waals surface area contributed by atoms with Crippen molar-refractivity contribution >= 4 is 56.0 Å². The van der Waals surface area contributed by atoms with Gasteiger partial charge in [-0.3, -0.25) is 14.7 Å². The zero-order valence-corrected chi connectivity index (χ0v) is 18.5. The monoisotopic (exact) mass is 455 g/mol. The Hall–Kier alpha value is -2.61. The van der Waals surface area contributed by atoms with Crippen LogP contribution in [-0.2, 0) is 11.3 Å². The first-order valence-electron chi connectivity index (χ1n) is 9.15. The van der Waals surface area contributed by atoms with Crippen LogP contribution in [-0.4, -0.2) is 28.7 Å². The summed E-state index contributed by atoms with van der Waals surface area (Å²) in [6.45, 7) is 0.262. The molecule has 2 aromatic heterocycles. The molecule has 5 nitrogen and oxygen atoms in total. The van der Waals surface area contributed by atoms with Crippen LogP contribution in [0.4, 0.5) is 5.13 Å². The number of carbonyl (C=O) groups excluding carboxylic acids is 1. The average Bonchev–Trinajstić information content (AvgIpc) is 3.21. The number of anilines is 1. The van der Waals surface area contributed by atoms with Gasteiger partial charge >= 0.3 is 0 Å². The van der Waals surface area contributed by atoms with E-state index in [0.717, 1.165) is 20.7 Å². The maximum atomic E-state index is 13.1. The highest BCUT2D eigenvalue weighted by Gasteiger charge is 2.21. The second kappa shape index (κ2) is 9.47. The lowest BCUT2D eigenvalue weighted by atomic mass is 10.2. The molecule has 30 heavy (non-hydrogen) atoms. The lowest BCUT2D eigenvalue weighted by Gasteiger charge is -2.20. The number of thioether (sulfide) groups is 1. The van der Waals surface area contributed by atoms with Crippen molar-refractivity contribution in [3.05, 3.63) is 77.6 Å². The molecule has 0 saturated heterocycles. The van der Waals surface area contributed by atoms with E-state index < -0.39 is 0 Å². The van der Waals surface area contributed by atoms with Crippen molar-refractivity contribution < 1.29 is 9.53 Å². The van der Waals surface area contributed by atoms with E-state index >= 15 is 0 Å². The van der Waals surface area contributed by atoms with E-state index in [-0.39, 0.29) is 12.5 Å². The Labute approximate surface area is 187 Å². The van der Waals surface area contributed by atoms with Gasteiger partial charge in [0.1, 0.15) is 5.75 Å². The Morgan fingerprint density at radius 1 is 1.17 bits per heavy atom. The van der Waals surface area contributed by atoms with Crippen LogP contribution in [0.2, 0.25) is 5.02 Å². The molecule has 152 valence electrons. The van der Waals surface area contributed by atoms with E-state index in [0.29, 0.717) is 22.4 Å². The predicted octanol–water partition coefficient (Wildman–Crippen LogP) is 5.68. The highest BCUT2D eigenvalue weighted by molar-refractivity contribution is 7.98. The molecular weight excluding hydrogens is 438 g/mol. The molecule has 0 radical (unpaired) electrons. The minimum atomic E-state index is -0.182. The van der Waals surface area contributed by atoms with Crippen molar-refractivity contribution in [2.24, 2.45) is 0 Å². The molecule has 0 unspecified atom stereocenters. The van der Waals surface area contributed by atoms with Gasteiger partial charge in [0, 0.05) is 22.3 Å². The first kappa shape index (κ1) is 20.7. The van der Waals surface area contributed by atoms with Crippen molar-refractivity contribution in [3.63, 3.8) is 0 Å². The van der Waals surface area contributed by atoms with Crippen molar-refractivity contribution in [2.75, 3.05) is 17.8 Å². The molecule has 0 bridgehead atoms. The lowest BCUT2D eigenvalue weighted by molar-refractivity contribution is -0.120. The van der Waals surface area contributed by atoms with Gasteiger partial charge in [0.05, 0.1) is 16.8 Å². The molecule has 8 heteroatoms. The third-order valence-electron chi connectivity index (χ3n) is 4.36. The fraction of sp³-hybridized carbons (Fsp3) is 0.136. The fourth-order valence-corrected chi connectivity index (χ4v) is 4.65. The van der Waals surface area contributed by atoms with Crippen LogP contribution in [0.1, 0.15) is 5.56 Å². The van der Waals surface area contributed by atoms with Crippen LogP contribution in [0.5, 0.6) is 5.75 Å². The van der Waals surface area contributed by atoms with Gasteiger partial charge in [0.2, 0.25) is 0 Å². The summed E-state index contributed by atoms with van der Waals surface area (Å²) < 4.78 is 6.73. The predicted molar refractivity (Wildman–Crippen MR) is 124 cm³/mol. The summed E-state index contributed by atoms with van der Waals surface area (Å²) >= 11 is 9.05. The standard InChI is InChI=1S/C22H18ClN3O2S2/c1-29-18-5-2-6-19-21(18)25-22(30-19)26(13-15-4-3-11-24-12-15)20(27)14-28-17-9-7-16(23)8-10-17/h2-12H,13-14H2,1H3. The molecule has 0 aliphatic rings. The summed E-state index contributed by atoms with van der Waals surface area (Å²) in [5.74, 6) is 0.404. The zero-order chi connectivity index (χ0) is 20.9. The molecule has 2 aromatic carbocycles. The van der Waals surface area contributed by atoms with Crippen LogP contribution < -0.4 is 9.64 Å². The number of amides is 1. The summed E-state index contributed by atoms with van der Waals surface area (Å²) in [6, 6.07) is 16.8. The van der Waals surface area contributed by atoms with Crippen LogP contribution in [0.15, 0.2) is 71.9 Å². The molecule has 1 amide bonds. The van der Waals surface area contributed by atoms with Crippen molar-refractivity contribution in [1.29, 1.82) is 0 Å². The molecule has 0 N–H and O–H groups in total. The highest BCUT2D eigenvalue weighted by atomic mass is 35.5. The molecule has 0 atom stereocenters. The summed E-state index contributed by atoms with van der Waals surface area (Å²) in [6.07, 6.45) is 5.48. The number of rotatable bonds is 7. The summed E-state index contributed by atoms with van der Waals surface area (Å²) in [5, 5.41) is 1.26. The number of ether oxygens (including phenoxy) is 1. The number of benzene rings is 2. The van der Waals surface area contributed by atoms with Crippen LogP contribution in [0, 0.1) is 0 Å². The van der Waals surface area contributed by atoms with Crippen LogP contribution >= 0.6 is 34.7 Å². The number of carbonyl (C=O) groups is 1. The number of nitrogens with zero attached hydrogens (tertiary/aromatic N) is 3. The molecule has 0 fully saturated rings. The molecule has 0 aliphatic carbocycles. The maximum Gasteiger partial charge on any atom is 0.267 e. The Kier molecular flexibility index (Phi) is 6.52. The van der Waals surface area contributed by atoms with Crippen molar-refractivity contribution in [3.8, 4) is 5.75 Å². The maximum absolute atomic E-state index is 13.1. The molecule has 0 spiro atoms. The van der Waals surface area contributed by atoms with Crippen LogP contribution in [0.25, 0.3) is 10.2 Å². The van der Waals surface area contributed by atoms with Gasteiger partial charge in [-0.1, -0.05) is 35.1 Å². The van der Waals surface area contributed by atoms with Gasteiger partial charge in [-0.05, 0) is 54.3 Å². The number of thiazole rings is 1. The molecule has 4 aromatic rings. The second-order valence-electron chi connectivity index (χ2n) is 6.39. The zero-order valence-electron chi connectivity index (χ0n) is 16.1. The molecule has 0 saturated carbocycles. The largest absolute Gasteiger partial charge is 0.484 e. The summed E-state index contributed by atoms with van der Waals surface area (Å²) in [5.41, 5.74) is 1.83. The molecular formula is C22H18ClN3O2S2. The third-order valence-corrected chi connectivity index (χ3v) is 6.43. The highest BCUT2D eigenvalue weighted by Crippen LogP contribution is 2.34. The quantitative estimate of drug-likeness (QED) is 0.335. The molecule has 0 aliphatic heterocycles. The minimum Gasteiger partial charge on any atom is -0.484 e. The number of para-hydroxylation sites is 1. The fourth-order valence-electron chi connectivity index (χ4n) is 2.88. The average molecular weight is 456 g/mol. The van der Waals surface area contributed by atoms with Crippen LogP contribution in [0.3, 0.4) is 0 Å². The van der Waals surface area contributed by atoms with Crippen molar-refractivity contribution in [1.82, 2.24) is 9.97 Å². The number of hydrogen-bond acceptors (Lipinski definition) is 6. The Morgan fingerprint density at radius 3 is 2.73 bits per heavy atom. The van der Waals surface area contributed by atoms with E-state index in [4.69, 9.17) is 21.3 Å². The summed E-state index contributed by atoms with van der Waals surface area (Å²) in [4.78, 5) is 24.8. The number of pyridine rings is 1. The third kappa shape index (κ3) is 4.75. The first-order valence-corrected chi connectivity index (χ1v) is 11.6. The van der Waals surface area contributed by atoms with E-state index in [2.05, 4.69) is 4.98 Å². The first-order chi connectivity index (χ1) is 14.6. The normalized spacial score (nSPS) is 10.9. The van der Waals surface area contributed by atoms with E-state index in [1.54, 1.807) is 53.3 Å². The van der Waals surface area contributed by atoms with Crippen molar-refractivity contribution in [2.45, 2.75) is 11.4 Å². The van der Waals surface area contributed by atoms with E-state index in [1.165, 1.54) is 11.3 Å². The van der Waals surface area contributed by atoms with E-state index in [1.807, 2.05) is 36.6 Å². The van der Waals surface area contributed by atoms with Gasteiger partial charge in [-0.2, -0.15) is 0 Å². The Balaban J connectivity index is 1.62. The number of halogens is 1. The Bertz CT molecular complexity index is 1150. The SMILES string of the molecule is CSc1cccc2sc(N(Cc3cccnc3)C(=O)COc3ccc(Cl)cc3)nc12. The topological polar surface area (TPSA) is 55.3 Å². The number of hydrogen-bond donors (Lipinski definition) is 0. The number of fused-ring (bicyclic) bond motifs is 1. The molecule has 2 heterocycles. The second-order valence-corrected chi connectivity index (χ2v) is 8.68. The lowest BCUT2D eigenvalue weighted by Crippen LogP contribution is -2.34. The van der Waals surface area contributed by atoms with Gasteiger partial charge in [-0.25, -0.2) is 4.98 Å².